The van der Waals surface area contributed by atoms with Gasteiger partial charge in [0.2, 0.25) is 0 Å². The molecule has 2 atom stereocenters. The summed E-state index contributed by atoms with van der Waals surface area (Å²) in [7, 11) is 0. The number of benzene rings is 1. The molecular formula is C25H36N2O5. The molecule has 1 aromatic carbocycles. The Labute approximate surface area is 190 Å². The van der Waals surface area contributed by atoms with Crippen molar-refractivity contribution in [2.45, 2.75) is 64.6 Å². The first-order valence-corrected chi connectivity index (χ1v) is 10.5. The number of rotatable bonds is 8. The van der Waals surface area contributed by atoms with Gasteiger partial charge in [0.15, 0.2) is 12.2 Å². The van der Waals surface area contributed by atoms with Crippen molar-refractivity contribution in [3.8, 4) is 0 Å². The van der Waals surface area contributed by atoms with Crippen LogP contribution in [-0.2, 0) is 20.4 Å². The topological polar surface area (TPSA) is 107 Å². The van der Waals surface area contributed by atoms with E-state index in [1.807, 2.05) is 47.6 Å². The van der Waals surface area contributed by atoms with Crippen LogP contribution in [0.1, 0.15) is 63.0 Å². The maximum atomic E-state index is 13.0. The molecule has 1 rings (SSSR count). The number of carbonyl (C=O) groups is 3. The fourth-order valence-corrected chi connectivity index (χ4v) is 3.46. The molecule has 32 heavy (non-hydrogen) atoms. The number of aliphatic hydroxyl groups excluding tert-OH is 2. The normalized spacial score (nSPS) is 13.6. The SMILES string of the molecule is C=CCN(CC=C)C(=O)C(O)C(O)C(=O)NC(=O)c1cccc(C(C)(C)C)c1C(C)(C)C. The van der Waals surface area contributed by atoms with E-state index in [-0.39, 0.29) is 18.5 Å². The number of carbonyl (C=O) groups excluding carboxylic acids is 3. The summed E-state index contributed by atoms with van der Waals surface area (Å²) in [6.07, 6.45) is -1.26. The lowest BCUT2D eigenvalue weighted by molar-refractivity contribution is -0.151. The number of nitrogens with zero attached hydrogens (tertiary/aromatic N) is 1. The monoisotopic (exact) mass is 444 g/mol. The molecule has 0 aliphatic carbocycles. The van der Waals surface area contributed by atoms with E-state index in [4.69, 9.17) is 0 Å². The molecule has 7 nitrogen and oxygen atoms in total. The summed E-state index contributed by atoms with van der Waals surface area (Å²) >= 11 is 0. The summed E-state index contributed by atoms with van der Waals surface area (Å²) in [5.41, 5.74) is 1.40. The summed E-state index contributed by atoms with van der Waals surface area (Å²) in [4.78, 5) is 39.1. The van der Waals surface area contributed by atoms with Crippen LogP contribution >= 0.6 is 0 Å². The molecule has 1 aromatic rings. The van der Waals surface area contributed by atoms with Gasteiger partial charge in [-0.3, -0.25) is 19.7 Å². The molecule has 176 valence electrons. The Bertz CT molecular complexity index is 867. The summed E-state index contributed by atoms with van der Waals surface area (Å²) < 4.78 is 0. The maximum absolute atomic E-state index is 13.0. The Morgan fingerprint density at radius 1 is 0.969 bits per heavy atom. The minimum atomic E-state index is -2.12. The van der Waals surface area contributed by atoms with Gasteiger partial charge >= 0.3 is 0 Å². The van der Waals surface area contributed by atoms with Gasteiger partial charge in [-0.25, -0.2) is 0 Å². The molecule has 0 aliphatic rings. The second-order valence-electron chi connectivity index (χ2n) is 9.76. The predicted octanol–water partition coefficient (Wildman–Crippen LogP) is 2.46. The van der Waals surface area contributed by atoms with Crippen molar-refractivity contribution in [3.05, 3.63) is 60.2 Å². The van der Waals surface area contributed by atoms with E-state index in [1.165, 1.54) is 17.1 Å². The van der Waals surface area contributed by atoms with Crippen molar-refractivity contribution < 1.29 is 24.6 Å². The molecule has 0 bridgehead atoms. The first kappa shape index (κ1) is 27.3. The highest BCUT2D eigenvalue weighted by Gasteiger charge is 2.35. The Morgan fingerprint density at radius 2 is 1.50 bits per heavy atom. The van der Waals surface area contributed by atoms with E-state index < -0.39 is 35.3 Å². The van der Waals surface area contributed by atoms with Gasteiger partial charge in [-0.1, -0.05) is 65.8 Å². The smallest absolute Gasteiger partial charge is 0.258 e. The summed E-state index contributed by atoms with van der Waals surface area (Å²) in [6.45, 7) is 19.3. The van der Waals surface area contributed by atoms with Gasteiger partial charge in [0, 0.05) is 18.7 Å². The van der Waals surface area contributed by atoms with Crippen molar-refractivity contribution in [1.29, 1.82) is 0 Å². The molecule has 3 N–H and O–H groups in total. The van der Waals surface area contributed by atoms with Gasteiger partial charge in [0.25, 0.3) is 17.7 Å². The molecule has 0 radical (unpaired) electrons. The Balaban J connectivity index is 3.17. The zero-order chi connectivity index (χ0) is 24.9. The Hall–Kier alpha value is -2.77. The minimum Gasteiger partial charge on any atom is -0.380 e. The van der Waals surface area contributed by atoms with Gasteiger partial charge in [-0.2, -0.15) is 0 Å². The van der Waals surface area contributed by atoms with Crippen LogP contribution in [0, 0.1) is 0 Å². The van der Waals surface area contributed by atoms with Crippen LogP contribution in [0.25, 0.3) is 0 Å². The van der Waals surface area contributed by atoms with Gasteiger partial charge in [-0.15, -0.1) is 13.2 Å². The standard InChI is InChI=1S/C25H36N2O5/c1-9-14-27(15-10-2)23(32)20(29)19(28)22(31)26-21(30)16-12-11-13-17(24(3,4)5)18(16)25(6,7)8/h9-13,19-20,28-29H,1-2,14-15H2,3-8H3,(H,26,30,31). The summed E-state index contributed by atoms with van der Waals surface area (Å²) in [5.74, 6) is -2.74. The lowest BCUT2D eigenvalue weighted by atomic mass is 9.73. The minimum absolute atomic E-state index is 0.101. The molecule has 0 spiro atoms. The van der Waals surface area contributed by atoms with E-state index in [0.29, 0.717) is 5.56 Å². The van der Waals surface area contributed by atoms with Crippen molar-refractivity contribution in [3.63, 3.8) is 0 Å². The number of aliphatic hydroxyl groups is 2. The molecular weight excluding hydrogens is 408 g/mol. The molecule has 0 aromatic heterocycles. The van der Waals surface area contributed by atoms with Crippen LogP contribution < -0.4 is 5.32 Å². The van der Waals surface area contributed by atoms with Gasteiger partial charge in [0.1, 0.15) is 0 Å². The average molecular weight is 445 g/mol. The van der Waals surface area contributed by atoms with Crippen LogP contribution in [0.15, 0.2) is 43.5 Å². The second-order valence-corrected chi connectivity index (χ2v) is 9.76. The maximum Gasteiger partial charge on any atom is 0.258 e. The van der Waals surface area contributed by atoms with Crippen molar-refractivity contribution in [1.82, 2.24) is 10.2 Å². The number of amides is 3. The largest absolute Gasteiger partial charge is 0.380 e. The first-order chi connectivity index (χ1) is 14.7. The van der Waals surface area contributed by atoms with Gasteiger partial charge < -0.3 is 15.1 Å². The molecule has 0 saturated heterocycles. The van der Waals surface area contributed by atoms with Crippen LogP contribution in [0.2, 0.25) is 0 Å². The quantitative estimate of drug-likeness (QED) is 0.534. The van der Waals surface area contributed by atoms with Crippen molar-refractivity contribution >= 4 is 17.7 Å². The fraction of sp³-hybridized carbons (Fsp3) is 0.480. The highest BCUT2D eigenvalue weighted by atomic mass is 16.3. The molecule has 3 amide bonds. The van der Waals surface area contributed by atoms with E-state index in [9.17, 15) is 24.6 Å². The zero-order valence-corrected chi connectivity index (χ0v) is 19.9. The highest BCUT2D eigenvalue weighted by Crippen LogP contribution is 2.36. The number of imide groups is 1. The lowest BCUT2D eigenvalue weighted by Crippen LogP contribution is -2.52. The first-order valence-electron chi connectivity index (χ1n) is 10.5. The molecule has 2 unspecified atom stereocenters. The zero-order valence-electron chi connectivity index (χ0n) is 19.9. The molecule has 0 fully saturated rings. The fourth-order valence-electron chi connectivity index (χ4n) is 3.46. The predicted molar refractivity (Wildman–Crippen MR) is 125 cm³/mol. The van der Waals surface area contributed by atoms with Crippen LogP contribution in [0.5, 0.6) is 0 Å². The highest BCUT2D eigenvalue weighted by molar-refractivity contribution is 6.08. The third-order valence-electron chi connectivity index (χ3n) is 4.94. The summed E-state index contributed by atoms with van der Waals surface area (Å²) in [5, 5.41) is 22.6. The van der Waals surface area contributed by atoms with E-state index in [2.05, 4.69) is 18.5 Å². The lowest BCUT2D eigenvalue weighted by Gasteiger charge is -2.32. The molecule has 7 heteroatoms. The average Bonchev–Trinajstić information content (AvgIpc) is 2.69. The third-order valence-corrected chi connectivity index (χ3v) is 4.94. The Kier molecular flexibility index (Phi) is 9.12. The number of nitrogens with one attached hydrogen (secondary N) is 1. The Morgan fingerprint density at radius 3 is 1.94 bits per heavy atom. The van der Waals surface area contributed by atoms with Gasteiger partial charge in [-0.05, 0) is 28.0 Å². The third kappa shape index (κ3) is 6.61. The van der Waals surface area contributed by atoms with Gasteiger partial charge in [0.05, 0.1) is 0 Å². The van der Waals surface area contributed by atoms with E-state index in [0.717, 1.165) is 11.1 Å². The summed E-state index contributed by atoms with van der Waals surface area (Å²) in [6, 6.07) is 5.30. The second kappa shape index (κ2) is 10.7. The molecule has 0 aliphatic heterocycles. The van der Waals surface area contributed by atoms with Crippen LogP contribution in [-0.4, -0.2) is 58.1 Å². The number of hydrogen-bond acceptors (Lipinski definition) is 5. The van der Waals surface area contributed by atoms with E-state index >= 15 is 0 Å². The van der Waals surface area contributed by atoms with Crippen molar-refractivity contribution in [2.24, 2.45) is 0 Å². The van der Waals surface area contributed by atoms with E-state index in [1.54, 1.807) is 12.1 Å². The van der Waals surface area contributed by atoms with Crippen molar-refractivity contribution in [2.75, 3.05) is 13.1 Å². The molecule has 0 saturated carbocycles. The number of hydrogen-bond donors (Lipinski definition) is 3. The van der Waals surface area contributed by atoms with Crippen LogP contribution in [0.3, 0.4) is 0 Å². The van der Waals surface area contributed by atoms with Crippen LogP contribution in [0.4, 0.5) is 0 Å². The molecule has 0 heterocycles.